The maximum atomic E-state index is 8.99. The monoisotopic (exact) mass is 910 g/mol. The first-order valence-corrected chi connectivity index (χ1v) is 24.0. The van der Waals surface area contributed by atoms with Gasteiger partial charge in [-0.25, -0.2) is 4.98 Å². The smallest absolute Gasteiger partial charge is 0.269 e. The molecular formula is C64H64N4O. The molecule has 346 valence electrons. The predicted octanol–water partition coefficient (Wildman–Crippen LogP) is 16.5. The van der Waals surface area contributed by atoms with E-state index >= 15 is 0 Å². The molecule has 69 heavy (non-hydrogen) atoms. The average molecular weight is 910 g/mol. The number of pyridine rings is 1. The summed E-state index contributed by atoms with van der Waals surface area (Å²) in [4.78, 5) is 4.89. The van der Waals surface area contributed by atoms with E-state index in [1.165, 1.54) is 16.7 Å². The lowest BCUT2D eigenvalue weighted by atomic mass is 9.77. The molecule has 0 aliphatic heterocycles. The zero-order valence-electron chi connectivity index (χ0n) is 47.0. The van der Waals surface area contributed by atoms with Crippen molar-refractivity contribution in [2.45, 2.75) is 105 Å². The highest BCUT2D eigenvalue weighted by molar-refractivity contribution is 6.09. The summed E-state index contributed by atoms with van der Waals surface area (Å²) in [5, 5.41) is 2.21. The Hall–Kier alpha value is -7.24. The first-order valence-electron chi connectivity index (χ1n) is 26.5. The standard InChI is InChI=1S/C64H64N4O/c1-61(2,3)45-23-18-22-44(34-45)53-36-47(63(7,8)9)37-54(64(10,11)12)60(53)67-41-66(58-35-43(28-31-56(58)67)42-20-14-13-15-21-42)48-24-19-25-49(39-48)69-50-29-30-52-51-26-16-17-27-55(51)68(57(52)40-50)59-38-46(32-33-65-59)62(4,5)6/h13-40H,1-12H3/i13D,14D,15D,20D,21D. The topological polar surface area (TPSA) is 35.9 Å². The van der Waals surface area contributed by atoms with E-state index in [2.05, 4.69) is 183 Å². The summed E-state index contributed by atoms with van der Waals surface area (Å²) in [5.41, 5.74) is 12.2. The fourth-order valence-corrected chi connectivity index (χ4v) is 9.36. The summed E-state index contributed by atoms with van der Waals surface area (Å²) in [6.45, 7) is 26.9. The summed E-state index contributed by atoms with van der Waals surface area (Å²) in [7, 11) is 0. The van der Waals surface area contributed by atoms with E-state index in [1.807, 2.05) is 59.3 Å². The van der Waals surface area contributed by atoms with Gasteiger partial charge in [-0.2, -0.15) is 0 Å². The summed E-state index contributed by atoms with van der Waals surface area (Å²) in [6, 6.07) is 44.3. The molecule has 0 saturated carbocycles. The fraction of sp³-hybridized carbons (Fsp3) is 0.250. The third-order valence-corrected chi connectivity index (χ3v) is 13.3. The van der Waals surface area contributed by atoms with E-state index in [0.717, 1.165) is 66.7 Å². The van der Waals surface area contributed by atoms with Crippen LogP contribution in [0.4, 0.5) is 0 Å². The highest BCUT2D eigenvalue weighted by atomic mass is 16.5. The van der Waals surface area contributed by atoms with Crippen molar-refractivity contribution in [2.75, 3.05) is 0 Å². The number of hydrogen-bond acceptors (Lipinski definition) is 2. The minimum Gasteiger partial charge on any atom is -0.458 e. The molecule has 7 aromatic carbocycles. The molecule has 3 aromatic heterocycles. The van der Waals surface area contributed by atoms with Crippen LogP contribution in [0.1, 0.15) is 112 Å². The van der Waals surface area contributed by atoms with Crippen LogP contribution in [-0.2, 0) is 21.7 Å². The molecule has 0 unspecified atom stereocenters. The number of para-hydroxylation sites is 1. The molecule has 0 atom stereocenters. The molecule has 5 nitrogen and oxygen atoms in total. The number of benzene rings is 7. The number of imidazole rings is 1. The van der Waals surface area contributed by atoms with E-state index in [4.69, 9.17) is 16.6 Å². The summed E-state index contributed by atoms with van der Waals surface area (Å²) in [5.74, 6) is 2.09. The molecule has 0 N–H and O–H groups in total. The van der Waals surface area contributed by atoms with Crippen LogP contribution in [0.2, 0.25) is 0 Å². The Balaban J connectivity index is 1.20. The van der Waals surface area contributed by atoms with Gasteiger partial charge in [-0.15, -0.1) is 0 Å². The Bertz CT molecular complexity index is 3840. The molecule has 0 fully saturated rings. The molecule has 0 bridgehead atoms. The van der Waals surface area contributed by atoms with Crippen molar-refractivity contribution >= 4 is 32.8 Å². The van der Waals surface area contributed by atoms with Gasteiger partial charge < -0.3 is 4.74 Å². The van der Waals surface area contributed by atoms with Crippen molar-refractivity contribution in [2.24, 2.45) is 0 Å². The highest BCUT2D eigenvalue weighted by Gasteiger charge is 2.29. The number of nitrogens with zero attached hydrogens (tertiary/aromatic N) is 4. The molecule has 5 heteroatoms. The molecule has 0 radical (unpaired) electrons. The van der Waals surface area contributed by atoms with Gasteiger partial charge in [0.2, 0.25) is 0 Å². The quantitative estimate of drug-likeness (QED) is 0.118. The number of rotatable bonds is 7. The second-order valence-electron chi connectivity index (χ2n) is 22.5. The fourth-order valence-electron chi connectivity index (χ4n) is 9.36. The van der Waals surface area contributed by atoms with Crippen molar-refractivity contribution in [3.63, 3.8) is 0 Å². The molecular weight excluding hydrogens is 841 g/mol. The normalized spacial score (nSPS) is 13.7. The molecule has 10 rings (SSSR count). The molecule has 0 spiro atoms. The first kappa shape index (κ1) is 39.7. The van der Waals surface area contributed by atoms with Crippen LogP contribution in [0, 0.1) is 6.33 Å². The number of fused-ring (bicyclic) bond motifs is 4. The van der Waals surface area contributed by atoms with Crippen molar-refractivity contribution in [3.05, 3.63) is 198 Å². The zero-order chi connectivity index (χ0) is 53.0. The molecule has 0 amide bonds. The predicted molar refractivity (Wildman–Crippen MR) is 288 cm³/mol. The van der Waals surface area contributed by atoms with Crippen LogP contribution in [0.15, 0.2) is 170 Å². The Kier molecular flexibility index (Phi) is 9.65. The third-order valence-electron chi connectivity index (χ3n) is 13.3. The number of hydrogen-bond donors (Lipinski definition) is 0. The molecule has 10 aromatic rings. The van der Waals surface area contributed by atoms with E-state index in [9.17, 15) is 0 Å². The number of ether oxygens (including phenoxy) is 1. The molecule has 0 saturated heterocycles. The third kappa shape index (κ3) is 8.65. The Morgan fingerprint density at radius 1 is 0.522 bits per heavy atom. The second kappa shape index (κ2) is 16.8. The minimum absolute atomic E-state index is 0.0644. The summed E-state index contributed by atoms with van der Waals surface area (Å²) in [6.07, 6.45) is 5.71. The highest BCUT2D eigenvalue weighted by Crippen LogP contribution is 2.41. The maximum Gasteiger partial charge on any atom is 0.269 e. The first-order chi connectivity index (χ1) is 34.8. The van der Waals surface area contributed by atoms with Crippen LogP contribution in [0.3, 0.4) is 0 Å². The van der Waals surface area contributed by atoms with Crippen molar-refractivity contribution < 1.29 is 16.2 Å². The van der Waals surface area contributed by atoms with E-state index in [0.29, 0.717) is 17.1 Å². The van der Waals surface area contributed by atoms with Crippen LogP contribution in [0.5, 0.6) is 11.5 Å². The summed E-state index contributed by atoms with van der Waals surface area (Å²) < 4.78 is 56.7. The molecule has 3 heterocycles. The van der Waals surface area contributed by atoms with Gasteiger partial charge in [0.25, 0.3) is 6.33 Å². The lowest BCUT2D eigenvalue weighted by Gasteiger charge is -2.30. The van der Waals surface area contributed by atoms with Gasteiger partial charge in [0, 0.05) is 23.0 Å². The van der Waals surface area contributed by atoms with Crippen molar-refractivity contribution in [3.8, 4) is 50.9 Å². The number of aromatic nitrogens is 4. The maximum absolute atomic E-state index is 8.99. The lowest BCUT2D eigenvalue weighted by molar-refractivity contribution is -0.572. The lowest BCUT2D eigenvalue weighted by Crippen LogP contribution is -2.35. The second-order valence-corrected chi connectivity index (χ2v) is 22.5. The van der Waals surface area contributed by atoms with Gasteiger partial charge in [-0.05, 0) is 121 Å². The Morgan fingerprint density at radius 2 is 1.22 bits per heavy atom. The van der Waals surface area contributed by atoms with E-state index < -0.39 is 6.04 Å². The average Bonchev–Trinajstić information content (AvgIpc) is 3.89. The van der Waals surface area contributed by atoms with Crippen molar-refractivity contribution in [1.29, 1.82) is 0 Å². The van der Waals surface area contributed by atoms with Crippen LogP contribution < -0.4 is 9.30 Å². The van der Waals surface area contributed by atoms with Gasteiger partial charge in [0.15, 0.2) is 0 Å². The molecule has 0 aliphatic rings. The van der Waals surface area contributed by atoms with Crippen LogP contribution in [0.25, 0.3) is 72.3 Å². The largest absolute Gasteiger partial charge is 0.458 e. The molecule has 0 aliphatic carbocycles. The minimum atomic E-state index is -0.431. The van der Waals surface area contributed by atoms with Gasteiger partial charge in [0.05, 0.1) is 40.3 Å². The zero-order valence-corrected chi connectivity index (χ0v) is 42.0. The van der Waals surface area contributed by atoms with Crippen LogP contribution >= 0.6 is 0 Å². The summed E-state index contributed by atoms with van der Waals surface area (Å²) >= 11 is 0. The van der Waals surface area contributed by atoms with Gasteiger partial charge in [-0.3, -0.25) is 13.7 Å². The van der Waals surface area contributed by atoms with E-state index in [-0.39, 0.29) is 51.4 Å². The Labute approximate surface area is 415 Å². The van der Waals surface area contributed by atoms with Gasteiger partial charge in [0.1, 0.15) is 17.3 Å². The van der Waals surface area contributed by atoms with E-state index in [1.54, 1.807) is 0 Å². The van der Waals surface area contributed by atoms with Crippen LogP contribution in [-0.4, -0.2) is 14.1 Å². The Morgan fingerprint density at radius 3 is 1.96 bits per heavy atom. The van der Waals surface area contributed by atoms with Gasteiger partial charge >= 0.3 is 0 Å². The SMILES string of the molecule is [2H]c1c([2H])c([2H])c(-c2ccc3c(c2)n(-c2cccc(Oc4ccc5c6ccccc6n(-c6cc(C(C)(C)C)ccn6)c5c4)c2)[c-][n+]3-c2c(-c3cccc(C(C)(C)C)c3)cc(C(C)(C)C)cc2C(C)(C)C)c([2H])c1[2H]. The van der Waals surface area contributed by atoms with Crippen molar-refractivity contribution in [1.82, 2.24) is 14.1 Å². The van der Waals surface area contributed by atoms with Gasteiger partial charge in [-0.1, -0.05) is 186 Å².